The van der Waals surface area contributed by atoms with Gasteiger partial charge in [-0.25, -0.2) is 9.78 Å². The van der Waals surface area contributed by atoms with Crippen molar-refractivity contribution in [3.63, 3.8) is 0 Å². The summed E-state index contributed by atoms with van der Waals surface area (Å²) in [6.07, 6.45) is 1.36. The van der Waals surface area contributed by atoms with Crippen molar-refractivity contribution in [3.8, 4) is 22.3 Å². The third kappa shape index (κ3) is 10.1. The molecular formula is C43H53ClF3N9O4. The highest BCUT2D eigenvalue weighted by Crippen LogP contribution is 2.48. The number of ether oxygens (including phenoxy) is 1. The van der Waals surface area contributed by atoms with Gasteiger partial charge in [-0.15, -0.1) is 0 Å². The quantitative estimate of drug-likeness (QED) is 0.164. The number of hydrogen-bond acceptors (Lipinski definition) is 8. The number of alkyl halides is 3. The monoisotopic (exact) mass is 851 g/mol. The lowest BCUT2D eigenvalue weighted by Crippen LogP contribution is -2.51. The first kappa shape index (κ1) is 43.1. The zero-order valence-corrected chi connectivity index (χ0v) is 35.4. The van der Waals surface area contributed by atoms with Gasteiger partial charge in [0.15, 0.2) is 5.82 Å². The fraction of sp³-hybridized carbons (Fsp3) is 0.535. The van der Waals surface area contributed by atoms with Crippen molar-refractivity contribution in [1.82, 2.24) is 45.0 Å². The number of carbonyl (C=O) groups is 3. The van der Waals surface area contributed by atoms with E-state index in [-0.39, 0.29) is 54.5 Å². The summed E-state index contributed by atoms with van der Waals surface area (Å²) < 4.78 is 47.2. The number of piperazine rings is 1. The first-order valence-electron chi connectivity index (χ1n) is 20.5. The van der Waals surface area contributed by atoms with Crippen LogP contribution in [0, 0.1) is 11.8 Å². The van der Waals surface area contributed by atoms with E-state index in [4.69, 9.17) is 16.3 Å². The molecule has 4 aromatic rings. The van der Waals surface area contributed by atoms with Gasteiger partial charge in [0.1, 0.15) is 23.4 Å². The molecule has 322 valence electrons. The van der Waals surface area contributed by atoms with Crippen LogP contribution in [-0.2, 0) is 32.8 Å². The average molecular weight is 852 g/mol. The van der Waals surface area contributed by atoms with Crippen LogP contribution < -0.4 is 5.32 Å². The van der Waals surface area contributed by atoms with E-state index in [1.807, 2.05) is 74.3 Å². The second-order valence-corrected chi connectivity index (χ2v) is 18.1. The lowest BCUT2D eigenvalue weighted by molar-refractivity contribution is -0.182. The van der Waals surface area contributed by atoms with Gasteiger partial charge in [0, 0.05) is 74.1 Å². The topological polar surface area (TPSA) is 142 Å². The number of carbonyl (C=O) groups excluding carboxylic acids is 3. The minimum absolute atomic E-state index is 0.0363. The molecule has 0 spiro atoms. The Labute approximate surface area is 353 Å². The highest BCUT2D eigenvalue weighted by molar-refractivity contribution is 6.33. The molecule has 2 atom stereocenters. The summed E-state index contributed by atoms with van der Waals surface area (Å²) in [5, 5.41) is 14.0. The second-order valence-electron chi connectivity index (χ2n) is 17.7. The number of nitrogens with one attached hydrogen (secondary N) is 2. The van der Waals surface area contributed by atoms with Crippen molar-refractivity contribution >= 4 is 29.5 Å². The number of aromatic nitrogens is 5. The minimum atomic E-state index is -4.51. The van der Waals surface area contributed by atoms with E-state index in [0.717, 1.165) is 74.1 Å². The van der Waals surface area contributed by atoms with Crippen LogP contribution in [0.25, 0.3) is 22.3 Å². The Morgan fingerprint density at radius 3 is 2.23 bits per heavy atom. The van der Waals surface area contributed by atoms with E-state index in [0.29, 0.717) is 43.5 Å². The minimum Gasteiger partial charge on any atom is -0.444 e. The average Bonchev–Trinajstić information content (AvgIpc) is 3.61. The van der Waals surface area contributed by atoms with Crippen LogP contribution in [0.5, 0.6) is 0 Å². The summed E-state index contributed by atoms with van der Waals surface area (Å²) in [5.41, 5.74) is 1.81. The molecule has 1 aliphatic carbocycles. The van der Waals surface area contributed by atoms with Gasteiger partial charge >= 0.3 is 12.3 Å². The molecule has 2 aliphatic heterocycles. The van der Waals surface area contributed by atoms with E-state index < -0.39 is 17.2 Å². The van der Waals surface area contributed by atoms with Crippen LogP contribution in [0.1, 0.15) is 77.0 Å². The Hall–Kier alpha value is -4.96. The molecule has 3 amide bonds. The largest absolute Gasteiger partial charge is 0.444 e. The van der Waals surface area contributed by atoms with E-state index >= 15 is 0 Å². The number of amides is 3. The Kier molecular flexibility index (Phi) is 12.4. The summed E-state index contributed by atoms with van der Waals surface area (Å²) >= 11 is 6.80. The van der Waals surface area contributed by atoms with Gasteiger partial charge in [-0.2, -0.15) is 23.4 Å². The molecule has 0 radical (unpaired) electrons. The number of rotatable bonds is 11. The number of piperidine rings is 1. The molecule has 0 bridgehead atoms. The molecule has 13 nitrogen and oxygen atoms in total. The van der Waals surface area contributed by atoms with Crippen molar-refractivity contribution in [1.29, 1.82) is 0 Å². The van der Waals surface area contributed by atoms with Crippen molar-refractivity contribution in [2.24, 2.45) is 11.8 Å². The number of nitrogens with zero attached hydrogens (tertiary/aromatic N) is 7. The molecule has 3 aliphatic rings. The predicted octanol–water partition coefficient (Wildman–Crippen LogP) is 7.04. The van der Waals surface area contributed by atoms with Crippen molar-refractivity contribution in [2.75, 3.05) is 45.8 Å². The summed E-state index contributed by atoms with van der Waals surface area (Å²) in [5.74, 6) is -0.0452. The maximum Gasteiger partial charge on any atom is 0.410 e. The first-order chi connectivity index (χ1) is 28.3. The Morgan fingerprint density at radius 2 is 1.58 bits per heavy atom. The zero-order chi connectivity index (χ0) is 43.0. The standard InChI is InChI=1S/C43H53ClF3N9O4/c1-41(2,3)60-40(59)55-18-16-53(17-19-55)24-27-12-14-54(15-13-27)37(57)26-56-25-31(22-49-56)32-11-10-30(20-35(32)44)28-6-8-29(9-7-28)33-21-34(33)38(58)48-23-36-50-39(52-51-36)42(4,5)43(45,46)47/h6-11,20,22,25,27,33-34H,12-19,21,23-24,26H2,1-5H3,(H,48,58)(H,50,51,52)/t33-,34+/m1/s1. The number of benzene rings is 2. The first-order valence-corrected chi connectivity index (χ1v) is 20.9. The molecule has 17 heteroatoms. The number of hydrogen-bond donors (Lipinski definition) is 2. The van der Waals surface area contributed by atoms with Crippen molar-refractivity contribution < 1.29 is 32.3 Å². The summed E-state index contributed by atoms with van der Waals surface area (Å²) in [7, 11) is 0. The van der Waals surface area contributed by atoms with Gasteiger partial charge in [0.2, 0.25) is 11.8 Å². The molecule has 2 aromatic carbocycles. The summed E-state index contributed by atoms with van der Waals surface area (Å²) in [6, 6.07) is 13.8. The highest BCUT2D eigenvalue weighted by Gasteiger charge is 2.51. The molecule has 3 fully saturated rings. The van der Waals surface area contributed by atoms with Gasteiger partial charge < -0.3 is 19.9 Å². The van der Waals surface area contributed by atoms with Gasteiger partial charge in [0.25, 0.3) is 0 Å². The van der Waals surface area contributed by atoms with Gasteiger partial charge in [0.05, 0.1) is 12.7 Å². The number of halogens is 4. The van der Waals surface area contributed by atoms with Crippen molar-refractivity contribution in [2.45, 2.75) is 90.1 Å². The summed E-state index contributed by atoms with van der Waals surface area (Å²) in [4.78, 5) is 48.6. The fourth-order valence-electron chi connectivity index (χ4n) is 7.78. The van der Waals surface area contributed by atoms with Crippen LogP contribution in [0.3, 0.4) is 0 Å². The van der Waals surface area contributed by atoms with Crippen LogP contribution in [-0.4, -0.2) is 115 Å². The van der Waals surface area contributed by atoms with E-state index in [9.17, 15) is 27.6 Å². The predicted molar refractivity (Wildman–Crippen MR) is 220 cm³/mol. The Morgan fingerprint density at radius 1 is 0.900 bits per heavy atom. The van der Waals surface area contributed by atoms with Crippen molar-refractivity contribution in [3.05, 3.63) is 77.1 Å². The molecule has 7 rings (SSSR count). The molecule has 2 N–H and O–H groups in total. The van der Waals surface area contributed by atoms with Gasteiger partial charge in [-0.3, -0.25) is 24.3 Å². The lowest BCUT2D eigenvalue weighted by Gasteiger charge is -2.39. The smallest absolute Gasteiger partial charge is 0.410 e. The highest BCUT2D eigenvalue weighted by atomic mass is 35.5. The second kappa shape index (κ2) is 17.2. The molecule has 2 aromatic heterocycles. The normalized spacial score (nSPS) is 19.4. The van der Waals surface area contributed by atoms with Crippen LogP contribution >= 0.6 is 11.6 Å². The Bertz CT molecular complexity index is 2170. The lowest BCUT2D eigenvalue weighted by atomic mass is 9.92. The maximum atomic E-state index is 13.4. The van der Waals surface area contributed by atoms with Crippen LogP contribution in [0.2, 0.25) is 5.02 Å². The third-order valence-electron chi connectivity index (χ3n) is 11.7. The number of likely N-dealkylation sites (tertiary alicyclic amines) is 1. The van der Waals surface area contributed by atoms with Gasteiger partial charge in [-0.1, -0.05) is 48.0 Å². The van der Waals surface area contributed by atoms with Gasteiger partial charge in [-0.05, 0) is 88.5 Å². The van der Waals surface area contributed by atoms with E-state index in [2.05, 4.69) is 30.5 Å². The molecular weight excluding hydrogens is 799 g/mol. The van der Waals surface area contributed by atoms with E-state index in [1.165, 1.54) is 0 Å². The fourth-order valence-corrected chi connectivity index (χ4v) is 8.07. The summed E-state index contributed by atoms with van der Waals surface area (Å²) in [6.45, 7) is 13.1. The zero-order valence-electron chi connectivity index (χ0n) is 34.7. The molecule has 4 heterocycles. The maximum absolute atomic E-state index is 13.4. The third-order valence-corrected chi connectivity index (χ3v) is 12.1. The number of H-pyrrole nitrogens is 1. The Balaban J connectivity index is 0.847. The molecule has 1 saturated carbocycles. The molecule has 60 heavy (non-hydrogen) atoms. The molecule has 0 unspecified atom stereocenters. The number of aromatic amines is 1. The SMILES string of the molecule is CC(C)(C)OC(=O)N1CCN(CC2CCN(C(=O)Cn3cc(-c4ccc(-c5ccc([C@H]6C[C@@H]6C(=O)NCc6nc(C(C)(C)C(F)(F)F)n[nH]6)cc5)cc4Cl)cn3)CC2)CC1. The van der Waals surface area contributed by atoms with Crippen LogP contribution in [0.15, 0.2) is 54.9 Å². The molecule has 2 saturated heterocycles. The van der Waals surface area contributed by atoms with Crippen LogP contribution in [0.4, 0.5) is 18.0 Å². The van der Waals surface area contributed by atoms with E-state index in [1.54, 1.807) is 15.8 Å².